The molecule has 0 aliphatic heterocycles. The van der Waals surface area contributed by atoms with Gasteiger partial charge in [0.15, 0.2) is 0 Å². The van der Waals surface area contributed by atoms with Crippen LogP contribution in [-0.4, -0.2) is 10.8 Å². The van der Waals surface area contributed by atoms with Crippen molar-refractivity contribution in [3.8, 4) is 10.6 Å². The molecule has 0 bridgehead atoms. The summed E-state index contributed by atoms with van der Waals surface area (Å²) in [6.07, 6.45) is 1.31. The summed E-state index contributed by atoms with van der Waals surface area (Å²) in [6.45, 7) is 3.70. The van der Waals surface area contributed by atoms with Crippen LogP contribution in [0.1, 0.15) is 24.6 Å². The van der Waals surface area contributed by atoms with Gasteiger partial charge in [0, 0.05) is 21.8 Å². The van der Waals surface area contributed by atoms with Crippen LogP contribution in [0.4, 0.5) is 0 Å². The van der Waals surface area contributed by atoms with Crippen molar-refractivity contribution in [3.05, 3.63) is 39.3 Å². The van der Waals surface area contributed by atoms with Gasteiger partial charge in [-0.15, -0.1) is 11.3 Å². The number of carbonyl (C=O) groups is 1. The minimum atomic E-state index is 0.211. The van der Waals surface area contributed by atoms with Crippen LogP contribution < -0.4 is 0 Å². The molecular formula is C14H14BrNOS. The van der Waals surface area contributed by atoms with E-state index in [4.69, 9.17) is 0 Å². The van der Waals surface area contributed by atoms with Gasteiger partial charge >= 0.3 is 0 Å². The maximum Gasteiger partial charge on any atom is 0.130 e. The molecule has 0 N–H and O–H groups in total. The predicted molar refractivity (Wildman–Crippen MR) is 79.0 cm³/mol. The monoisotopic (exact) mass is 323 g/mol. The minimum absolute atomic E-state index is 0.211. The Hall–Kier alpha value is -1.00. The number of nitrogens with zero attached hydrogens (tertiary/aromatic N) is 1. The Bertz CT molecular complexity index is 577. The SMILES string of the molecule is CC(=O)CCc1csc(-c2cc(Br)ccc2C)n1. The standard InChI is InChI=1S/C14H14BrNOS/c1-9-3-5-11(15)7-13(9)14-16-12(8-18-14)6-4-10(2)17/h3,5,7-8H,4,6H2,1-2H3. The first kappa shape index (κ1) is 13.4. The van der Waals surface area contributed by atoms with Gasteiger partial charge in [-0.1, -0.05) is 22.0 Å². The van der Waals surface area contributed by atoms with E-state index >= 15 is 0 Å². The Balaban J connectivity index is 2.23. The number of Topliss-reactive ketones (excluding diaryl/α,β-unsaturated/α-hetero) is 1. The molecule has 0 atom stereocenters. The highest BCUT2D eigenvalue weighted by Gasteiger charge is 2.08. The molecule has 4 heteroatoms. The fourth-order valence-electron chi connectivity index (χ4n) is 1.67. The molecule has 1 heterocycles. The van der Waals surface area contributed by atoms with E-state index in [-0.39, 0.29) is 5.78 Å². The van der Waals surface area contributed by atoms with Gasteiger partial charge in [0.2, 0.25) is 0 Å². The molecule has 0 spiro atoms. The molecule has 94 valence electrons. The van der Waals surface area contributed by atoms with Gasteiger partial charge in [-0.2, -0.15) is 0 Å². The van der Waals surface area contributed by atoms with Gasteiger partial charge in [-0.25, -0.2) is 4.98 Å². The Kier molecular flexibility index (Phi) is 4.30. The molecular weight excluding hydrogens is 310 g/mol. The number of rotatable bonds is 4. The highest BCUT2D eigenvalue weighted by Crippen LogP contribution is 2.29. The number of benzene rings is 1. The first-order valence-corrected chi connectivity index (χ1v) is 7.44. The summed E-state index contributed by atoms with van der Waals surface area (Å²) in [5.41, 5.74) is 3.37. The van der Waals surface area contributed by atoms with Gasteiger partial charge in [-0.05, 0) is 38.0 Å². The van der Waals surface area contributed by atoms with Crippen molar-refractivity contribution in [1.29, 1.82) is 0 Å². The summed E-state index contributed by atoms with van der Waals surface area (Å²) in [5.74, 6) is 0.211. The fraction of sp³-hybridized carbons (Fsp3) is 0.286. The van der Waals surface area contributed by atoms with Crippen molar-refractivity contribution in [2.75, 3.05) is 0 Å². The average Bonchev–Trinajstić information content (AvgIpc) is 2.78. The highest BCUT2D eigenvalue weighted by molar-refractivity contribution is 9.10. The first-order chi connectivity index (χ1) is 8.56. The number of thiazole rings is 1. The molecule has 2 nitrogen and oxygen atoms in total. The van der Waals surface area contributed by atoms with Crippen molar-refractivity contribution in [3.63, 3.8) is 0 Å². The van der Waals surface area contributed by atoms with Crippen LogP contribution in [-0.2, 0) is 11.2 Å². The summed E-state index contributed by atoms with van der Waals surface area (Å²) in [7, 11) is 0. The summed E-state index contributed by atoms with van der Waals surface area (Å²) >= 11 is 5.12. The Labute approximate surface area is 119 Å². The lowest BCUT2D eigenvalue weighted by Crippen LogP contribution is -1.94. The maximum absolute atomic E-state index is 11.0. The molecule has 0 unspecified atom stereocenters. The lowest BCUT2D eigenvalue weighted by Gasteiger charge is -2.02. The largest absolute Gasteiger partial charge is 0.300 e. The Morgan fingerprint density at radius 1 is 1.44 bits per heavy atom. The van der Waals surface area contributed by atoms with Crippen LogP contribution in [0.25, 0.3) is 10.6 Å². The van der Waals surface area contributed by atoms with E-state index in [0.29, 0.717) is 6.42 Å². The fourth-order valence-corrected chi connectivity index (χ4v) is 2.97. The quantitative estimate of drug-likeness (QED) is 0.834. The molecule has 0 saturated heterocycles. The van der Waals surface area contributed by atoms with E-state index in [0.717, 1.165) is 27.2 Å². The number of ketones is 1. The van der Waals surface area contributed by atoms with Crippen LogP contribution in [0.3, 0.4) is 0 Å². The Morgan fingerprint density at radius 2 is 2.22 bits per heavy atom. The second kappa shape index (κ2) is 5.76. The predicted octanol–water partition coefficient (Wildman–Crippen LogP) is 4.40. The van der Waals surface area contributed by atoms with Gasteiger partial charge in [0.05, 0.1) is 5.69 Å². The molecule has 0 fully saturated rings. The number of halogens is 1. The minimum Gasteiger partial charge on any atom is -0.300 e. The zero-order valence-corrected chi connectivity index (χ0v) is 12.8. The lowest BCUT2D eigenvalue weighted by atomic mass is 10.1. The third kappa shape index (κ3) is 3.27. The van der Waals surface area contributed by atoms with Crippen molar-refractivity contribution < 1.29 is 4.79 Å². The van der Waals surface area contributed by atoms with E-state index in [1.54, 1.807) is 18.3 Å². The van der Waals surface area contributed by atoms with Crippen LogP contribution in [0.15, 0.2) is 28.1 Å². The zero-order valence-electron chi connectivity index (χ0n) is 10.4. The van der Waals surface area contributed by atoms with Gasteiger partial charge in [0.25, 0.3) is 0 Å². The van der Waals surface area contributed by atoms with Crippen molar-refractivity contribution >= 4 is 33.0 Å². The number of hydrogen-bond donors (Lipinski definition) is 0. The van der Waals surface area contributed by atoms with Crippen LogP contribution in [0.5, 0.6) is 0 Å². The van der Waals surface area contributed by atoms with Crippen LogP contribution in [0, 0.1) is 6.92 Å². The maximum atomic E-state index is 11.0. The first-order valence-electron chi connectivity index (χ1n) is 5.76. The number of carbonyl (C=O) groups excluding carboxylic acids is 1. The molecule has 18 heavy (non-hydrogen) atoms. The average molecular weight is 324 g/mol. The topological polar surface area (TPSA) is 30.0 Å². The number of aromatic nitrogens is 1. The summed E-state index contributed by atoms with van der Waals surface area (Å²) in [4.78, 5) is 15.6. The molecule has 2 rings (SSSR count). The van der Waals surface area contributed by atoms with Gasteiger partial charge < -0.3 is 4.79 Å². The van der Waals surface area contributed by atoms with Crippen LogP contribution in [0.2, 0.25) is 0 Å². The molecule has 0 radical (unpaired) electrons. The van der Waals surface area contributed by atoms with Crippen molar-refractivity contribution in [1.82, 2.24) is 4.98 Å². The van der Waals surface area contributed by atoms with E-state index in [1.807, 2.05) is 11.4 Å². The second-order valence-electron chi connectivity index (χ2n) is 4.31. The third-order valence-corrected chi connectivity index (χ3v) is 4.13. The normalized spacial score (nSPS) is 10.6. The zero-order chi connectivity index (χ0) is 13.1. The van der Waals surface area contributed by atoms with Gasteiger partial charge in [0.1, 0.15) is 10.8 Å². The van der Waals surface area contributed by atoms with Crippen molar-refractivity contribution in [2.24, 2.45) is 0 Å². The Morgan fingerprint density at radius 3 is 2.94 bits per heavy atom. The number of aryl methyl sites for hydroxylation is 2. The summed E-state index contributed by atoms with van der Waals surface area (Å²) in [5, 5.41) is 3.06. The smallest absolute Gasteiger partial charge is 0.130 e. The lowest BCUT2D eigenvalue weighted by molar-refractivity contribution is -0.116. The highest BCUT2D eigenvalue weighted by atomic mass is 79.9. The molecule has 1 aromatic carbocycles. The molecule has 0 saturated carbocycles. The van der Waals surface area contributed by atoms with E-state index in [9.17, 15) is 4.79 Å². The van der Waals surface area contributed by atoms with Gasteiger partial charge in [-0.3, -0.25) is 0 Å². The number of hydrogen-bond acceptors (Lipinski definition) is 3. The summed E-state index contributed by atoms with van der Waals surface area (Å²) in [6, 6.07) is 6.20. The second-order valence-corrected chi connectivity index (χ2v) is 6.08. The summed E-state index contributed by atoms with van der Waals surface area (Å²) < 4.78 is 1.06. The molecule has 0 aliphatic carbocycles. The molecule has 1 aromatic heterocycles. The molecule has 0 amide bonds. The van der Waals surface area contributed by atoms with Crippen LogP contribution >= 0.6 is 27.3 Å². The third-order valence-electron chi connectivity index (χ3n) is 2.71. The van der Waals surface area contributed by atoms with E-state index in [2.05, 4.69) is 40.0 Å². The molecule has 0 aliphatic rings. The van der Waals surface area contributed by atoms with E-state index in [1.165, 1.54) is 5.56 Å². The van der Waals surface area contributed by atoms with Crippen molar-refractivity contribution in [2.45, 2.75) is 26.7 Å². The molecule has 2 aromatic rings. The van der Waals surface area contributed by atoms with E-state index < -0.39 is 0 Å².